The Hall–Kier alpha value is -2.89. The van der Waals surface area contributed by atoms with Gasteiger partial charge in [0.15, 0.2) is 5.76 Å². The maximum atomic E-state index is 12.5. The molecule has 1 heterocycles. The predicted molar refractivity (Wildman–Crippen MR) is 113 cm³/mol. The van der Waals surface area contributed by atoms with Gasteiger partial charge in [0.1, 0.15) is 5.76 Å². The summed E-state index contributed by atoms with van der Waals surface area (Å²) in [6, 6.07) is 7.34. The number of rotatable bonds is 6. The Morgan fingerprint density at radius 2 is 1.83 bits per heavy atom. The van der Waals surface area contributed by atoms with Crippen molar-refractivity contribution in [3.05, 3.63) is 58.0 Å². The molecule has 0 unspecified atom stereocenters. The Morgan fingerprint density at radius 1 is 1.10 bits per heavy atom. The van der Waals surface area contributed by atoms with Crippen molar-refractivity contribution in [1.82, 2.24) is 10.7 Å². The van der Waals surface area contributed by atoms with E-state index in [1.54, 1.807) is 12.1 Å². The SMILES string of the molecule is Cc1ccc(C(=O)N/N=C2\CCCc3oc(C(=O)NCCC(C)C)c(C)c32)cc1. The lowest BCUT2D eigenvalue weighted by Gasteiger charge is -2.13. The minimum Gasteiger partial charge on any atom is -0.455 e. The van der Waals surface area contributed by atoms with E-state index in [0.29, 0.717) is 23.8 Å². The van der Waals surface area contributed by atoms with Gasteiger partial charge in [-0.25, -0.2) is 5.43 Å². The summed E-state index contributed by atoms with van der Waals surface area (Å²) in [5.41, 5.74) is 6.70. The van der Waals surface area contributed by atoms with Gasteiger partial charge in [-0.15, -0.1) is 0 Å². The average Bonchev–Trinajstić information content (AvgIpc) is 3.03. The highest BCUT2D eigenvalue weighted by Gasteiger charge is 2.28. The van der Waals surface area contributed by atoms with Crippen molar-refractivity contribution >= 4 is 17.5 Å². The fourth-order valence-corrected chi connectivity index (χ4v) is 3.44. The molecule has 0 fully saturated rings. The number of nitrogens with one attached hydrogen (secondary N) is 2. The molecule has 2 N–H and O–H groups in total. The number of nitrogens with zero attached hydrogens (tertiary/aromatic N) is 1. The normalized spacial score (nSPS) is 14.7. The minimum absolute atomic E-state index is 0.194. The van der Waals surface area contributed by atoms with Crippen molar-refractivity contribution in [3.8, 4) is 0 Å². The maximum absolute atomic E-state index is 12.5. The molecule has 6 heteroatoms. The van der Waals surface area contributed by atoms with Crippen LogP contribution in [0.5, 0.6) is 0 Å². The first kappa shape index (κ1) is 20.8. The summed E-state index contributed by atoms with van der Waals surface area (Å²) in [5.74, 6) is 1.19. The number of hydrazone groups is 1. The molecule has 154 valence electrons. The van der Waals surface area contributed by atoms with Crippen molar-refractivity contribution in [2.24, 2.45) is 11.0 Å². The summed E-state index contributed by atoms with van der Waals surface area (Å²) < 4.78 is 5.89. The first-order valence-corrected chi connectivity index (χ1v) is 10.2. The zero-order valence-electron chi connectivity index (χ0n) is 17.6. The molecule has 1 aliphatic carbocycles. The van der Waals surface area contributed by atoms with Gasteiger partial charge >= 0.3 is 0 Å². The number of carbonyl (C=O) groups excluding carboxylic acids is 2. The van der Waals surface area contributed by atoms with E-state index in [1.807, 2.05) is 26.0 Å². The van der Waals surface area contributed by atoms with Gasteiger partial charge in [-0.2, -0.15) is 5.10 Å². The Labute approximate surface area is 171 Å². The van der Waals surface area contributed by atoms with E-state index in [-0.39, 0.29) is 11.8 Å². The van der Waals surface area contributed by atoms with Gasteiger partial charge < -0.3 is 9.73 Å². The maximum Gasteiger partial charge on any atom is 0.287 e. The molecule has 6 nitrogen and oxygen atoms in total. The number of fused-ring (bicyclic) bond motifs is 1. The van der Waals surface area contributed by atoms with Crippen LogP contribution in [0.3, 0.4) is 0 Å². The molecular formula is C23H29N3O3. The number of benzene rings is 1. The van der Waals surface area contributed by atoms with Gasteiger partial charge in [-0.05, 0) is 51.2 Å². The molecule has 0 aliphatic heterocycles. The zero-order chi connectivity index (χ0) is 21.0. The lowest BCUT2D eigenvalue weighted by atomic mass is 9.93. The van der Waals surface area contributed by atoms with Gasteiger partial charge in [0.2, 0.25) is 0 Å². The first-order chi connectivity index (χ1) is 13.9. The van der Waals surface area contributed by atoms with Gasteiger partial charge in [-0.3, -0.25) is 9.59 Å². The minimum atomic E-state index is -0.252. The Balaban J connectivity index is 1.76. The molecule has 1 aliphatic rings. The Morgan fingerprint density at radius 3 is 2.52 bits per heavy atom. The molecular weight excluding hydrogens is 366 g/mol. The second-order valence-corrected chi connectivity index (χ2v) is 8.01. The van der Waals surface area contributed by atoms with Crippen molar-refractivity contribution < 1.29 is 14.0 Å². The van der Waals surface area contributed by atoms with Gasteiger partial charge in [0, 0.05) is 29.7 Å². The quantitative estimate of drug-likeness (QED) is 0.721. The van der Waals surface area contributed by atoms with Crippen molar-refractivity contribution in [3.63, 3.8) is 0 Å². The summed E-state index contributed by atoms with van der Waals surface area (Å²) in [6.07, 6.45) is 3.28. The molecule has 1 aromatic heterocycles. The van der Waals surface area contributed by atoms with E-state index in [9.17, 15) is 9.59 Å². The topological polar surface area (TPSA) is 83.7 Å². The fourth-order valence-electron chi connectivity index (χ4n) is 3.44. The van der Waals surface area contributed by atoms with E-state index in [1.165, 1.54) is 0 Å². The molecule has 0 saturated carbocycles. The van der Waals surface area contributed by atoms with E-state index in [4.69, 9.17) is 4.42 Å². The third-order valence-corrected chi connectivity index (χ3v) is 5.15. The van der Waals surface area contributed by atoms with Crippen LogP contribution in [0.2, 0.25) is 0 Å². The van der Waals surface area contributed by atoms with Crippen LogP contribution in [0.15, 0.2) is 33.8 Å². The molecule has 0 spiro atoms. The average molecular weight is 396 g/mol. The predicted octanol–water partition coefficient (Wildman–Crippen LogP) is 4.14. The number of hydrogen-bond donors (Lipinski definition) is 2. The van der Waals surface area contributed by atoms with Crippen LogP contribution in [-0.2, 0) is 6.42 Å². The highest BCUT2D eigenvalue weighted by molar-refractivity contribution is 6.07. The summed E-state index contributed by atoms with van der Waals surface area (Å²) in [4.78, 5) is 24.9. The molecule has 0 atom stereocenters. The summed E-state index contributed by atoms with van der Waals surface area (Å²) in [5, 5.41) is 7.30. The second kappa shape index (κ2) is 9.07. The fraction of sp³-hybridized carbons (Fsp3) is 0.435. The highest BCUT2D eigenvalue weighted by Crippen LogP contribution is 2.29. The van der Waals surface area contributed by atoms with Crippen LogP contribution in [0.25, 0.3) is 0 Å². The molecule has 2 aromatic rings. The summed E-state index contributed by atoms with van der Waals surface area (Å²) >= 11 is 0. The molecule has 3 rings (SSSR count). The zero-order valence-corrected chi connectivity index (χ0v) is 17.6. The number of carbonyl (C=O) groups is 2. The number of hydrogen-bond acceptors (Lipinski definition) is 4. The highest BCUT2D eigenvalue weighted by atomic mass is 16.4. The van der Waals surface area contributed by atoms with Crippen LogP contribution in [0.4, 0.5) is 0 Å². The summed E-state index contributed by atoms with van der Waals surface area (Å²) in [7, 11) is 0. The van der Waals surface area contributed by atoms with Gasteiger partial charge in [0.25, 0.3) is 11.8 Å². The van der Waals surface area contributed by atoms with Crippen LogP contribution in [-0.4, -0.2) is 24.1 Å². The molecule has 1 aromatic carbocycles. The van der Waals surface area contributed by atoms with E-state index < -0.39 is 0 Å². The number of amides is 2. The smallest absolute Gasteiger partial charge is 0.287 e. The lowest BCUT2D eigenvalue weighted by Crippen LogP contribution is -2.25. The van der Waals surface area contributed by atoms with Gasteiger partial charge in [0.05, 0.1) is 5.71 Å². The third-order valence-electron chi connectivity index (χ3n) is 5.15. The van der Waals surface area contributed by atoms with Crippen molar-refractivity contribution in [2.75, 3.05) is 6.54 Å². The largest absolute Gasteiger partial charge is 0.455 e. The molecule has 0 radical (unpaired) electrons. The van der Waals surface area contributed by atoms with Gasteiger partial charge in [-0.1, -0.05) is 31.5 Å². The van der Waals surface area contributed by atoms with Crippen LogP contribution in [0, 0.1) is 19.8 Å². The lowest BCUT2D eigenvalue weighted by molar-refractivity contribution is 0.0920. The molecule has 29 heavy (non-hydrogen) atoms. The third kappa shape index (κ3) is 4.94. The Kier molecular flexibility index (Phi) is 6.52. The number of furan rings is 1. The monoisotopic (exact) mass is 395 g/mol. The van der Waals surface area contributed by atoms with Crippen LogP contribution < -0.4 is 10.7 Å². The van der Waals surface area contributed by atoms with E-state index in [0.717, 1.165) is 53.8 Å². The Bertz CT molecular complexity index is 924. The number of aryl methyl sites for hydroxylation is 2. The summed E-state index contributed by atoms with van der Waals surface area (Å²) in [6.45, 7) is 8.72. The van der Waals surface area contributed by atoms with Crippen LogP contribution in [0.1, 0.15) is 76.5 Å². The van der Waals surface area contributed by atoms with Crippen LogP contribution >= 0.6 is 0 Å². The first-order valence-electron chi connectivity index (χ1n) is 10.2. The standard InChI is InChI=1S/C23H29N3O3/c1-14(2)12-13-24-23(28)21-16(4)20-18(6-5-7-19(20)29-21)25-26-22(27)17-10-8-15(3)9-11-17/h8-11,14H,5-7,12-13H2,1-4H3,(H,24,28)(H,26,27)/b25-18+. The van der Waals surface area contributed by atoms with E-state index >= 15 is 0 Å². The van der Waals surface area contributed by atoms with Crippen molar-refractivity contribution in [1.29, 1.82) is 0 Å². The molecule has 0 bridgehead atoms. The molecule has 0 saturated heterocycles. The van der Waals surface area contributed by atoms with Crippen molar-refractivity contribution in [2.45, 2.75) is 53.4 Å². The molecule has 2 amide bonds. The van der Waals surface area contributed by atoms with E-state index in [2.05, 4.69) is 29.7 Å². The second-order valence-electron chi connectivity index (χ2n) is 8.01.